The summed E-state index contributed by atoms with van der Waals surface area (Å²) in [6.07, 6.45) is 0.451. The van der Waals surface area contributed by atoms with Crippen LogP contribution in [0.1, 0.15) is 30.6 Å². The average molecular weight is 373 g/mol. The summed E-state index contributed by atoms with van der Waals surface area (Å²) >= 11 is 5.07. The topological polar surface area (TPSA) is 70.2 Å². The molecule has 7 heteroatoms. The van der Waals surface area contributed by atoms with E-state index in [-0.39, 0.29) is 22.5 Å². The Morgan fingerprint density at radius 3 is 2.15 bits per heavy atom. The monoisotopic (exact) mass is 373 g/mol. The molecule has 0 saturated carbocycles. The Bertz CT molecular complexity index is 807. The molecule has 136 valence electrons. The van der Waals surface area contributed by atoms with Crippen LogP contribution in [0.5, 0.6) is 0 Å². The van der Waals surface area contributed by atoms with Crippen LogP contribution in [0.2, 0.25) is 0 Å². The maximum absolute atomic E-state index is 13.6. The number of hydrogen-bond donors (Lipinski definition) is 3. The van der Waals surface area contributed by atoms with Gasteiger partial charge in [-0.25, -0.2) is 4.39 Å². The van der Waals surface area contributed by atoms with Crippen molar-refractivity contribution in [3.63, 3.8) is 0 Å². The van der Waals surface area contributed by atoms with Gasteiger partial charge < -0.3 is 10.6 Å². The lowest BCUT2D eigenvalue weighted by atomic mass is 10.1. The van der Waals surface area contributed by atoms with Gasteiger partial charge in [0.15, 0.2) is 5.11 Å². The van der Waals surface area contributed by atoms with Crippen molar-refractivity contribution in [3.8, 4) is 0 Å². The molecule has 2 rings (SSSR count). The van der Waals surface area contributed by atoms with Gasteiger partial charge in [0.1, 0.15) is 5.82 Å². The lowest BCUT2D eigenvalue weighted by Crippen LogP contribution is -2.34. The van der Waals surface area contributed by atoms with E-state index in [0.717, 1.165) is 0 Å². The molecule has 0 fully saturated rings. The summed E-state index contributed by atoms with van der Waals surface area (Å²) in [4.78, 5) is 23.7. The van der Waals surface area contributed by atoms with Crippen molar-refractivity contribution in [1.82, 2.24) is 5.32 Å². The third-order valence-electron chi connectivity index (χ3n) is 3.37. The first kappa shape index (κ1) is 19.5. The first-order chi connectivity index (χ1) is 12.3. The molecule has 0 aliphatic rings. The molecule has 0 aliphatic carbocycles. The molecule has 0 heterocycles. The van der Waals surface area contributed by atoms with Crippen molar-refractivity contribution in [3.05, 3.63) is 59.9 Å². The quantitative estimate of drug-likeness (QED) is 0.695. The first-order valence-electron chi connectivity index (χ1n) is 8.12. The van der Waals surface area contributed by atoms with Gasteiger partial charge in [-0.3, -0.25) is 14.9 Å². The van der Waals surface area contributed by atoms with Crippen LogP contribution >= 0.6 is 12.2 Å². The summed E-state index contributed by atoms with van der Waals surface area (Å²) < 4.78 is 13.6. The van der Waals surface area contributed by atoms with Gasteiger partial charge >= 0.3 is 0 Å². The Morgan fingerprint density at radius 2 is 1.58 bits per heavy atom. The predicted octanol–water partition coefficient (Wildman–Crippen LogP) is 3.94. The molecule has 2 amide bonds. The second-order valence-electron chi connectivity index (χ2n) is 6.11. The van der Waals surface area contributed by atoms with E-state index >= 15 is 0 Å². The summed E-state index contributed by atoms with van der Waals surface area (Å²) in [6.45, 7) is 3.95. The Balaban J connectivity index is 1.90. The van der Waals surface area contributed by atoms with E-state index in [9.17, 15) is 14.0 Å². The maximum atomic E-state index is 13.6. The third kappa shape index (κ3) is 5.93. The van der Waals surface area contributed by atoms with E-state index in [0.29, 0.717) is 17.8 Å². The van der Waals surface area contributed by atoms with E-state index < -0.39 is 11.7 Å². The van der Waals surface area contributed by atoms with E-state index in [1.54, 1.807) is 30.3 Å². The van der Waals surface area contributed by atoms with Crippen molar-refractivity contribution < 1.29 is 14.0 Å². The molecular weight excluding hydrogens is 353 g/mol. The molecule has 0 bridgehead atoms. The number of nitrogens with one attached hydrogen (secondary N) is 3. The zero-order valence-electron chi connectivity index (χ0n) is 14.5. The molecule has 0 aromatic heterocycles. The van der Waals surface area contributed by atoms with E-state index in [4.69, 9.17) is 12.2 Å². The van der Waals surface area contributed by atoms with Gasteiger partial charge in [-0.1, -0.05) is 26.0 Å². The summed E-state index contributed by atoms with van der Waals surface area (Å²) in [5.41, 5.74) is 1.22. The van der Waals surface area contributed by atoms with Gasteiger partial charge in [0.2, 0.25) is 5.91 Å². The summed E-state index contributed by atoms with van der Waals surface area (Å²) in [7, 11) is 0. The van der Waals surface area contributed by atoms with Crippen LogP contribution in [-0.2, 0) is 4.79 Å². The Hall–Kier alpha value is -2.80. The minimum Gasteiger partial charge on any atom is -0.332 e. The third-order valence-corrected chi connectivity index (χ3v) is 3.57. The molecule has 2 aromatic rings. The number of rotatable bonds is 5. The van der Waals surface area contributed by atoms with Gasteiger partial charge in [0.25, 0.3) is 5.91 Å². The first-order valence-corrected chi connectivity index (χ1v) is 8.52. The SMILES string of the molecule is CC(C)CC(=O)Nc1ccc(NC(=S)NC(=O)c2ccccc2F)cc1. The van der Waals surface area contributed by atoms with Crippen molar-refractivity contribution in [2.24, 2.45) is 5.92 Å². The van der Waals surface area contributed by atoms with Crippen LogP contribution in [0, 0.1) is 11.7 Å². The Labute approximate surface area is 157 Å². The molecule has 0 atom stereocenters. The Kier molecular flexibility index (Phi) is 6.80. The van der Waals surface area contributed by atoms with Gasteiger partial charge in [0.05, 0.1) is 5.56 Å². The number of anilines is 2. The smallest absolute Gasteiger partial charge is 0.260 e. The van der Waals surface area contributed by atoms with Gasteiger partial charge in [-0.15, -0.1) is 0 Å². The number of carbonyl (C=O) groups is 2. The minimum atomic E-state index is -0.627. The molecular formula is C19H20FN3O2S. The predicted molar refractivity (Wildman–Crippen MR) is 105 cm³/mol. The fourth-order valence-electron chi connectivity index (χ4n) is 2.20. The second kappa shape index (κ2) is 9.05. The van der Waals surface area contributed by atoms with Gasteiger partial charge in [0, 0.05) is 17.8 Å². The van der Waals surface area contributed by atoms with E-state index in [2.05, 4.69) is 16.0 Å². The number of halogens is 1. The maximum Gasteiger partial charge on any atom is 0.260 e. The fourth-order valence-corrected chi connectivity index (χ4v) is 2.41. The summed E-state index contributed by atoms with van der Waals surface area (Å²) in [6, 6.07) is 12.5. The van der Waals surface area contributed by atoms with Crippen LogP contribution in [0.25, 0.3) is 0 Å². The van der Waals surface area contributed by atoms with E-state index in [1.807, 2.05) is 13.8 Å². The lowest BCUT2D eigenvalue weighted by Gasteiger charge is -2.11. The molecule has 5 nitrogen and oxygen atoms in total. The van der Waals surface area contributed by atoms with E-state index in [1.165, 1.54) is 18.2 Å². The van der Waals surface area contributed by atoms with Crippen LogP contribution < -0.4 is 16.0 Å². The standard InChI is InChI=1S/C19H20FN3O2S/c1-12(2)11-17(24)21-13-7-9-14(10-8-13)22-19(26)23-18(25)15-5-3-4-6-16(15)20/h3-10,12H,11H2,1-2H3,(H,21,24)(H2,22,23,25,26). The minimum absolute atomic E-state index is 0.0478. The molecule has 0 saturated heterocycles. The molecule has 3 N–H and O–H groups in total. The number of carbonyl (C=O) groups excluding carboxylic acids is 2. The summed E-state index contributed by atoms with van der Waals surface area (Å²) in [5, 5.41) is 8.12. The highest BCUT2D eigenvalue weighted by Gasteiger charge is 2.12. The zero-order valence-corrected chi connectivity index (χ0v) is 15.3. The van der Waals surface area contributed by atoms with Gasteiger partial charge in [-0.05, 0) is 54.5 Å². The molecule has 2 aromatic carbocycles. The largest absolute Gasteiger partial charge is 0.332 e. The van der Waals surface area contributed by atoms with Gasteiger partial charge in [-0.2, -0.15) is 0 Å². The fraction of sp³-hybridized carbons (Fsp3) is 0.211. The number of amides is 2. The highest BCUT2D eigenvalue weighted by Crippen LogP contribution is 2.14. The molecule has 26 heavy (non-hydrogen) atoms. The van der Waals surface area contributed by atoms with Crippen molar-refractivity contribution in [1.29, 1.82) is 0 Å². The second-order valence-corrected chi connectivity index (χ2v) is 6.52. The highest BCUT2D eigenvalue weighted by atomic mass is 32.1. The van der Waals surface area contributed by atoms with Crippen LogP contribution in [-0.4, -0.2) is 16.9 Å². The van der Waals surface area contributed by atoms with Crippen molar-refractivity contribution in [2.75, 3.05) is 10.6 Å². The number of hydrogen-bond acceptors (Lipinski definition) is 3. The Morgan fingerprint density at radius 1 is 1.00 bits per heavy atom. The normalized spacial score (nSPS) is 10.3. The van der Waals surface area contributed by atoms with Crippen molar-refractivity contribution >= 4 is 40.5 Å². The van der Waals surface area contributed by atoms with Crippen molar-refractivity contribution in [2.45, 2.75) is 20.3 Å². The van der Waals surface area contributed by atoms with Crippen LogP contribution in [0.15, 0.2) is 48.5 Å². The summed E-state index contributed by atoms with van der Waals surface area (Å²) in [5.74, 6) is -1.01. The number of thiocarbonyl (C=S) groups is 1. The molecule has 0 spiro atoms. The average Bonchev–Trinajstić information content (AvgIpc) is 2.56. The zero-order chi connectivity index (χ0) is 19.1. The van der Waals surface area contributed by atoms with Crippen LogP contribution in [0.4, 0.5) is 15.8 Å². The molecule has 0 aliphatic heterocycles. The number of benzene rings is 2. The molecule has 0 unspecified atom stereocenters. The van der Waals surface area contributed by atoms with Crippen LogP contribution in [0.3, 0.4) is 0 Å². The highest BCUT2D eigenvalue weighted by molar-refractivity contribution is 7.80. The molecule has 0 radical (unpaired) electrons. The lowest BCUT2D eigenvalue weighted by molar-refractivity contribution is -0.116.